The van der Waals surface area contributed by atoms with E-state index in [2.05, 4.69) is 32.2 Å². The monoisotopic (exact) mass is 389 g/mol. The summed E-state index contributed by atoms with van der Waals surface area (Å²) in [5.41, 5.74) is 1.41. The van der Waals surface area contributed by atoms with Crippen molar-refractivity contribution in [3.05, 3.63) is 41.3 Å². The van der Waals surface area contributed by atoms with Crippen molar-refractivity contribution in [2.24, 2.45) is 0 Å². The van der Waals surface area contributed by atoms with Crippen LogP contribution in [0, 0.1) is 12.0 Å². The average molecular weight is 389 g/mol. The second kappa shape index (κ2) is 8.69. The summed E-state index contributed by atoms with van der Waals surface area (Å²) >= 11 is 0. The first kappa shape index (κ1) is 20.0. The molecule has 1 aromatic carbocycles. The zero-order valence-corrected chi connectivity index (χ0v) is 16.5. The van der Waals surface area contributed by atoms with Crippen molar-refractivity contribution in [3.63, 3.8) is 0 Å². The number of carbonyl (C=O) groups is 3. The van der Waals surface area contributed by atoms with Gasteiger partial charge >= 0.3 is 0 Å². The molecule has 0 aromatic heterocycles. The molecule has 1 radical (unpaired) electrons. The zero-order chi connectivity index (χ0) is 16.3. The normalized spacial score (nSPS) is 19.6. The van der Waals surface area contributed by atoms with E-state index in [1.165, 1.54) is 10.8 Å². The summed E-state index contributed by atoms with van der Waals surface area (Å²) < 4.78 is 0. The van der Waals surface area contributed by atoms with E-state index in [9.17, 15) is 14.4 Å². The van der Waals surface area contributed by atoms with Crippen molar-refractivity contribution in [2.45, 2.75) is 46.2 Å². The zero-order valence-electron chi connectivity index (χ0n) is 13.7. The molecule has 0 bridgehead atoms. The van der Waals surface area contributed by atoms with Gasteiger partial charge in [-0.25, -0.2) is 0 Å². The van der Waals surface area contributed by atoms with Gasteiger partial charge < -0.3 is 15.6 Å². The molecule has 1 atom stereocenters. The van der Waals surface area contributed by atoms with Crippen molar-refractivity contribution >= 4 is 17.7 Å². The Hall–Kier alpha value is -1.07. The summed E-state index contributed by atoms with van der Waals surface area (Å²) in [7, 11) is 0. The Kier molecular flexibility index (Phi) is 7.55. The van der Waals surface area contributed by atoms with Crippen LogP contribution in [0.3, 0.4) is 0 Å². The Morgan fingerprint density at radius 3 is 2.48 bits per heavy atom. The molecular weight excluding hydrogens is 369 g/mol. The molecule has 121 valence electrons. The predicted molar refractivity (Wildman–Crippen MR) is 81.6 cm³/mol. The molecule has 1 saturated heterocycles. The van der Waals surface area contributed by atoms with Crippen molar-refractivity contribution < 1.29 is 47.1 Å². The van der Waals surface area contributed by atoms with Crippen LogP contribution in [0.4, 0.5) is 0 Å². The second-order valence-corrected chi connectivity index (χ2v) is 5.97. The molecule has 1 aromatic rings. The maximum absolute atomic E-state index is 12.2. The van der Waals surface area contributed by atoms with Crippen LogP contribution in [0.15, 0.2) is 18.2 Å². The van der Waals surface area contributed by atoms with E-state index in [-0.39, 0.29) is 56.9 Å². The number of imide groups is 1. The Morgan fingerprint density at radius 2 is 1.91 bits per heavy atom. The number of nitrogens with one attached hydrogen (secondary N) is 1. The van der Waals surface area contributed by atoms with Crippen LogP contribution >= 0.6 is 0 Å². The van der Waals surface area contributed by atoms with E-state index in [0.717, 1.165) is 5.56 Å². The Balaban J connectivity index is 0.000000478. The van der Waals surface area contributed by atoms with Crippen LogP contribution in [0.25, 0.3) is 0 Å². The molecule has 23 heavy (non-hydrogen) atoms. The number of hydrogen-bond donors (Lipinski definition) is 1. The maximum Gasteiger partial charge on any atom is 0.248 e. The van der Waals surface area contributed by atoms with Crippen molar-refractivity contribution in [3.8, 4) is 0 Å². The minimum absolute atomic E-state index is 0. The number of carbonyl (C=O) groups excluding carboxylic acids is 3. The van der Waals surface area contributed by atoms with Gasteiger partial charge in [0.25, 0.3) is 0 Å². The number of benzene rings is 1. The van der Waals surface area contributed by atoms with Gasteiger partial charge in [-0.15, -0.1) is 29.8 Å². The number of amides is 3. The minimum Gasteiger partial charge on any atom is -0.371 e. The molecule has 6 heteroatoms. The molecule has 1 unspecified atom stereocenters. The fraction of sp³-hybridized carbons (Fsp3) is 0.412. The van der Waals surface area contributed by atoms with Gasteiger partial charge in [0.15, 0.2) is 5.91 Å². The number of fused-ring (bicyclic) bond motifs is 1. The number of hydrogen-bond acceptors (Lipinski definition) is 3. The SMILES string of the molecule is C[C-](C)C.O=C1CCC(N2Cc3ccc[c-]c3C2=O)C(=O)N1.[Y]. The summed E-state index contributed by atoms with van der Waals surface area (Å²) in [4.78, 5) is 36.5. The fourth-order valence-corrected chi connectivity index (χ4v) is 2.43. The number of piperidine rings is 1. The van der Waals surface area contributed by atoms with Crippen molar-refractivity contribution in [1.82, 2.24) is 10.2 Å². The number of rotatable bonds is 1. The Bertz CT molecular complexity index is 599. The number of nitrogens with zero attached hydrogens (tertiary/aromatic N) is 1. The summed E-state index contributed by atoms with van der Waals surface area (Å²) in [6.07, 6.45) is 0.671. The first-order chi connectivity index (χ1) is 10.4. The van der Waals surface area contributed by atoms with Gasteiger partial charge in [-0.3, -0.25) is 14.9 Å². The Labute approximate surface area is 162 Å². The molecule has 2 heterocycles. The smallest absolute Gasteiger partial charge is 0.248 e. The molecule has 1 N–H and O–H groups in total. The van der Waals surface area contributed by atoms with E-state index < -0.39 is 6.04 Å². The molecule has 2 aliphatic rings. The summed E-state index contributed by atoms with van der Waals surface area (Å²) in [6.45, 7) is 6.66. The largest absolute Gasteiger partial charge is 0.371 e. The molecule has 1 fully saturated rings. The van der Waals surface area contributed by atoms with Gasteiger partial charge in [0.2, 0.25) is 11.8 Å². The third-order valence-corrected chi connectivity index (χ3v) is 3.34. The minimum atomic E-state index is -0.545. The van der Waals surface area contributed by atoms with E-state index in [1.807, 2.05) is 12.1 Å². The first-order valence-corrected chi connectivity index (χ1v) is 7.31. The van der Waals surface area contributed by atoms with Crippen molar-refractivity contribution in [1.29, 1.82) is 0 Å². The van der Waals surface area contributed by atoms with Gasteiger partial charge in [-0.1, -0.05) is 5.56 Å². The molecule has 3 rings (SSSR count). The quantitative estimate of drug-likeness (QED) is 0.589. The molecule has 0 saturated carbocycles. The van der Waals surface area contributed by atoms with Crippen LogP contribution in [-0.4, -0.2) is 28.7 Å². The third-order valence-electron chi connectivity index (χ3n) is 3.34. The molecule has 0 aliphatic carbocycles. The average Bonchev–Trinajstić information content (AvgIpc) is 2.76. The molecule has 2 aliphatic heterocycles. The predicted octanol–water partition coefficient (Wildman–Crippen LogP) is 1.87. The second-order valence-electron chi connectivity index (χ2n) is 5.97. The van der Waals surface area contributed by atoms with E-state index in [1.54, 1.807) is 6.07 Å². The van der Waals surface area contributed by atoms with Gasteiger partial charge in [0.05, 0.1) is 0 Å². The summed E-state index contributed by atoms with van der Waals surface area (Å²) in [6, 6.07) is 7.72. The molecular formula is C17H20N2O3Y-2. The topological polar surface area (TPSA) is 66.5 Å². The van der Waals surface area contributed by atoms with Crippen molar-refractivity contribution in [2.75, 3.05) is 0 Å². The van der Waals surface area contributed by atoms with Gasteiger partial charge in [-0.05, 0) is 6.42 Å². The van der Waals surface area contributed by atoms with Crippen LogP contribution in [-0.2, 0) is 48.8 Å². The molecule has 3 amide bonds. The van der Waals surface area contributed by atoms with Gasteiger partial charge in [0.1, 0.15) is 6.04 Å². The summed E-state index contributed by atoms with van der Waals surface area (Å²) in [5, 5.41) is 2.27. The molecule has 5 nitrogen and oxygen atoms in total. The molecule has 0 spiro atoms. The Morgan fingerprint density at radius 1 is 1.26 bits per heavy atom. The van der Waals surface area contributed by atoms with Gasteiger partial charge in [0, 0.05) is 45.7 Å². The fourth-order valence-electron chi connectivity index (χ4n) is 2.43. The maximum atomic E-state index is 12.2. The standard InChI is InChI=1S/C13H11N2O3.C4H9.Y/c16-11-6-5-10(12(17)14-11)15-7-8-3-1-2-4-9(8)13(15)18;1-4(2)3;/h1-3,10H,5-7H2,(H,14,16,17);1-3H3;/q2*-1;. The van der Waals surface area contributed by atoms with Crippen LogP contribution < -0.4 is 5.32 Å². The van der Waals surface area contributed by atoms with Crippen LogP contribution in [0.1, 0.15) is 49.5 Å². The van der Waals surface area contributed by atoms with E-state index in [4.69, 9.17) is 0 Å². The van der Waals surface area contributed by atoms with Gasteiger partial charge in [-0.2, -0.15) is 20.8 Å². The third kappa shape index (κ3) is 4.95. The van der Waals surface area contributed by atoms with Crippen LogP contribution in [0.5, 0.6) is 0 Å². The first-order valence-electron chi connectivity index (χ1n) is 7.31. The summed E-state index contributed by atoms with van der Waals surface area (Å²) in [5.74, 6) is 0.583. The van der Waals surface area contributed by atoms with E-state index >= 15 is 0 Å². The van der Waals surface area contributed by atoms with E-state index in [0.29, 0.717) is 18.5 Å². The van der Waals surface area contributed by atoms with Crippen LogP contribution in [0.2, 0.25) is 0 Å².